The maximum absolute atomic E-state index is 6.67. The van der Waals surface area contributed by atoms with E-state index in [-0.39, 0.29) is 5.79 Å². The first-order chi connectivity index (χ1) is 21.8. The predicted octanol–water partition coefficient (Wildman–Crippen LogP) is 14.1. The van der Waals surface area contributed by atoms with Crippen LogP contribution in [0.5, 0.6) is 0 Å². The lowest BCUT2D eigenvalue weighted by Crippen LogP contribution is -2.31. The number of hydrogen-bond donors (Lipinski definition) is 0. The van der Waals surface area contributed by atoms with Gasteiger partial charge in [-0.05, 0) is 96.3 Å². The smallest absolute Gasteiger partial charge is 0.169 e. The molecule has 0 N–H and O–H groups in total. The Labute approximate surface area is 275 Å². The van der Waals surface area contributed by atoms with Crippen LogP contribution in [-0.4, -0.2) is 18.0 Å². The van der Waals surface area contributed by atoms with Crippen molar-refractivity contribution in [3.8, 4) is 0 Å². The third kappa shape index (κ3) is 20.1. The molecule has 0 bridgehead atoms. The van der Waals surface area contributed by atoms with Gasteiger partial charge in [0.2, 0.25) is 0 Å². The minimum atomic E-state index is -0.264. The minimum Gasteiger partial charge on any atom is -0.344 e. The van der Waals surface area contributed by atoms with Crippen LogP contribution in [0.25, 0.3) is 0 Å². The Balaban J connectivity index is 1.46. The third-order valence-corrected chi connectivity index (χ3v) is 9.64. The molecule has 2 atom stereocenters. The van der Waals surface area contributed by atoms with Crippen LogP contribution < -0.4 is 0 Å². The third-order valence-electron chi connectivity index (χ3n) is 9.64. The van der Waals surface area contributed by atoms with Crippen molar-refractivity contribution in [2.45, 2.75) is 218 Å². The van der Waals surface area contributed by atoms with Crippen molar-refractivity contribution in [3.63, 3.8) is 0 Å². The predicted molar refractivity (Wildman–Crippen MR) is 194 cm³/mol. The van der Waals surface area contributed by atoms with Crippen LogP contribution >= 0.6 is 0 Å². The molecule has 0 amide bonds. The quantitative estimate of drug-likeness (QED) is 0.0595. The van der Waals surface area contributed by atoms with E-state index >= 15 is 0 Å². The number of unbranched alkanes of at least 4 members (excludes halogenated alkanes) is 18. The lowest BCUT2D eigenvalue weighted by molar-refractivity contribution is -0.190. The Morgan fingerprint density at radius 3 is 1.16 bits per heavy atom. The van der Waals surface area contributed by atoms with Gasteiger partial charge >= 0.3 is 0 Å². The van der Waals surface area contributed by atoms with Crippen molar-refractivity contribution in [2.75, 3.05) is 0 Å². The van der Waals surface area contributed by atoms with E-state index in [1.165, 1.54) is 161 Å². The van der Waals surface area contributed by atoms with Crippen molar-refractivity contribution in [2.24, 2.45) is 0 Å². The molecule has 1 aliphatic carbocycles. The molecule has 2 unspecified atom stereocenters. The summed E-state index contributed by atoms with van der Waals surface area (Å²) in [7, 11) is 0. The Morgan fingerprint density at radius 2 is 0.773 bits per heavy atom. The Kier molecular flexibility index (Phi) is 25.0. The van der Waals surface area contributed by atoms with E-state index in [2.05, 4.69) is 62.5 Å². The average Bonchev–Trinajstić information content (AvgIpc) is 3.60. The monoisotopic (exact) mass is 611 g/mol. The second-order valence-electron chi connectivity index (χ2n) is 13.8. The molecule has 2 fully saturated rings. The lowest BCUT2D eigenvalue weighted by atomic mass is 9.98. The standard InChI is InChI=1S/C42H74O2/c1-3-5-7-9-11-13-15-17-19-21-23-25-27-29-31-33-38-42(43-40-36-35-37-41(40)44-42)39-34-32-30-28-26-24-22-20-18-16-14-12-10-8-6-4-2/h11-14,17-20,40-41H,3-10,15-16,21-39H2,1-2H3. The first kappa shape index (κ1) is 39.1. The highest BCUT2D eigenvalue weighted by Gasteiger charge is 2.48. The topological polar surface area (TPSA) is 18.5 Å². The average molecular weight is 611 g/mol. The molecule has 1 saturated heterocycles. The van der Waals surface area contributed by atoms with E-state index in [4.69, 9.17) is 9.47 Å². The normalized spacial score (nSPS) is 22.1. The fraction of sp³-hybridized carbons (Fsp3) is 0.810. The second-order valence-corrected chi connectivity index (χ2v) is 13.8. The van der Waals surface area contributed by atoms with Gasteiger partial charge in [-0.15, -0.1) is 0 Å². The van der Waals surface area contributed by atoms with Crippen LogP contribution in [0.15, 0.2) is 48.6 Å². The lowest BCUT2D eigenvalue weighted by Gasteiger charge is -2.29. The zero-order chi connectivity index (χ0) is 31.2. The maximum atomic E-state index is 6.67. The van der Waals surface area contributed by atoms with Gasteiger partial charge in [-0.25, -0.2) is 0 Å². The van der Waals surface area contributed by atoms with Crippen molar-refractivity contribution < 1.29 is 9.47 Å². The van der Waals surface area contributed by atoms with Gasteiger partial charge in [0.1, 0.15) is 0 Å². The number of rotatable bonds is 30. The van der Waals surface area contributed by atoms with E-state index in [1.807, 2.05) is 0 Å². The molecule has 1 saturated carbocycles. The molecule has 2 nitrogen and oxygen atoms in total. The first-order valence-corrected chi connectivity index (χ1v) is 19.8. The largest absolute Gasteiger partial charge is 0.344 e. The zero-order valence-electron chi connectivity index (χ0n) is 29.6. The number of ether oxygens (including phenoxy) is 2. The number of hydrogen-bond acceptors (Lipinski definition) is 2. The zero-order valence-corrected chi connectivity index (χ0v) is 29.6. The summed E-state index contributed by atoms with van der Waals surface area (Å²) in [5.41, 5.74) is 0. The van der Waals surface area contributed by atoms with Crippen LogP contribution in [0.3, 0.4) is 0 Å². The van der Waals surface area contributed by atoms with Crippen LogP contribution in [0.4, 0.5) is 0 Å². The van der Waals surface area contributed by atoms with Crippen LogP contribution in [0.1, 0.15) is 200 Å². The number of fused-ring (bicyclic) bond motifs is 1. The van der Waals surface area contributed by atoms with E-state index in [1.54, 1.807) is 0 Å². The molecule has 0 spiro atoms. The van der Waals surface area contributed by atoms with Crippen molar-refractivity contribution in [3.05, 3.63) is 48.6 Å². The van der Waals surface area contributed by atoms with Gasteiger partial charge in [0, 0.05) is 12.8 Å². The van der Waals surface area contributed by atoms with Crippen LogP contribution in [0.2, 0.25) is 0 Å². The molecule has 254 valence electrons. The van der Waals surface area contributed by atoms with Gasteiger partial charge in [-0.2, -0.15) is 0 Å². The van der Waals surface area contributed by atoms with E-state index in [0.29, 0.717) is 12.2 Å². The molecule has 44 heavy (non-hydrogen) atoms. The van der Waals surface area contributed by atoms with E-state index < -0.39 is 0 Å². The first-order valence-electron chi connectivity index (χ1n) is 19.8. The molecule has 1 heterocycles. The highest BCUT2D eigenvalue weighted by atomic mass is 16.8. The van der Waals surface area contributed by atoms with E-state index in [9.17, 15) is 0 Å². The van der Waals surface area contributed by atoms with Gasteiger partial charge in [0.15, 0.2) is 5.79 Å². The van der Waals surface area contributed by atoms with Gasteiger partial charge in [-0.1, -0.05) is 140 Å². The molecular formula is C42H74O2. The highest BCUT2D eigenvalue weighted by Crippen LogP contribution is 2.43. The Morgan fingerprint density at radius 1 is 0.432 bits per heavy atom. The molecule has 2 aliphatic rings. The highest BCUT2D eigenvalue weighted by molar-refractivity contribution is 4.94. The molecule has 0 aromatic heterocycles. The summed E-state index contributed by atoms with van der Waals surface area (Å²) in [5, 5.41) is 0. The van der Waals surface area contributed by atoms with Gasteiger partial charge < -0.3 is 9.47 Å². The summed E-state index contributed by atoms with van der Waals surface area (Å²) in [4.78, 5) is 0. The number of allylic oxidation sites excluding steroid dienone is 8. The maximum Gasteiger partial charge on any atom is 0.169 e. The summed E-state index contributed by atoms with van der Waals surface area (Å²) >= 11 is 0. The Hall–Kier alpha value is -1.12. The molecule has 2 rings (SSSR count). The minimum absolute atomic E-state index is 0.264. The SMILES string of the molecule is CCCCCC=CCC=CCCCCCCCCC1(CCCCCCCCC=CCC=CCCCCC)OC2CCCC2O1. The van der Waals surface area contributed by atoms with Gasteiger partial charge in [-0.3, -0.25) is 0 Å². The fourth-order valence-electron chi connectivity index (χ4n) is 6.87. The van der Waals surface area contributed by atoms with E-state index in [0.717, 1.165) is 25.7 Å². The van der Waals surface area contributed by atoms with Gasteiger partial charge in [0.05, 0.1) is 12.2 Å². The van der Waals surface area contributed by atoms with Crippen LogP contribution in [-0.2, 0) is 9.47 Å². The molecule has 2 heteroatoms. The Bertz CT molecular complexity index is 685. The van der Waals surface area contributed by atoms with Gasteiger partial charge in [0.25, 0.3) is 0 Å². The van der Waals surface area contributed by atoms with Crippen molar-refractivity contribution >= 4 is 0 Å². The summed E-state index contributed by atoms with van der Waals surface area (Å²) in [6, 6.07) is 0. The summed E-state index contributed by atoms with van der Waals surface area (Å²) in [5.74, 6) is -0.264. The molecule has 0 aromatic rings. The second kappa shape index (κ2) is 28.1. The molecule has 1 aliphatic heterocycles. The molecule has 0 aromatic carbocycles. The van der Waals surface area contributed by atoms with Crippen molar-refractivity contribution in [1.29, 1.82) is 0 Å². The summed E-state index contributed by atoms with van der Waals surface area (Å²) in [6.07, 6.45) is 56.8. The van der Waals surface area contributed by atoms with Crippen LogP contribution in [0, 0.1) is 0 Å². The summed E-state index contributed by atoms with van der Waals surface area (Å²) < 4.78 is 13.3. The molecule has 0 radical (unpaired) electrons. The van der Waals surface area contributed by atoms with Crippen molar-refractivity contribution in [1.82, 2.24) is 0 Å². The summed E-state index contributed by atoms with van der Waals surface area (Å²) in [6.45, 7) is 4.54. The molecular weight excluding hydrogens is 536 g/mol. The fourth-order valence-corrected chi connectivity index (χ4v) is 6.87.